The van der Waals surface area contributed by atoms with Gasteiger partial charge in [-0.2, -0.15) is 0 Å². The SMILES string of the molecule is O=[N+]([O-])c1cc(Br)ccc1OCc1ccc(Cl)nc1Cl. The molecule has 0 atom stereocenters. The number of benzene rings is 1. The van der Waals surface area contributed by atoms with E-state index in [4.69, 9.17) is 27.9 Å². The van der Waals surface area contributed by atoms with Gasteiger partial charge < -0.3 is 4.74 Å². The van der Waals surface area contributed by atoms with Gasteiger partial charge in [-0.1, -0.05) is 39.1 Å². The van der Waals surface area contributed by atoms with Gasteiger partial charge in [0.2, 0.25) is 0 Å². The number of hydrogen-bond acceptors (Lipinski definition) is 4. The third kappa shape index (κ3) is 3.59. The minimum Gasteiger partial charge on any atom is -0.482 e. The zero-order chi connectivity index (χ0) is 14.7. The van der Waals surface area contributed by atoms with E-state index in [2.05, 4.69) is 20.9 Å². The molecule has 104 valence electrons. The Bertz CT molecular complexity index is 667. The highest BCUT2D eigenvalue weighted by Gasteiger charge is 2.16. The van der Waals surface area contributed by atoms with Crippen molar-refractivity contribution in [1.82, 2.24) is 4.98 Å². The van der Waals surface area contributed by atoms with Gasteiger partial charge in [0.15, 0.2) is 5.75 Å². The Morgan fingerprint density at radius 2 is 2.05 bits per heavy atom. The van der Waals surface area contributed by atoms with Gasteiger partial charge in [-0.15, -0.1) is 0 Å². The van der Waals surface area contributed by atoms with E-state index in [0.717, 1.165) is 0 Å². The fraction of sp³-hybridized carbons (Fsp3) is 0.0833. The fourth-order valence-electron chi connectivity index (χ4n) is 1.46. The molecule has 0 saturated carbocycles. The average Bonchev–Trinajstić information content (AvgIpc) is 2.38. The molecule has 1 aromatic heterocycles. The van der Waals surface area contributed by atoms with E-state index >= 15 is 0 Å². The Balaban J connectivity index is 2.20. The van der Waals surface area contributed by atoms with Crippen LogP contribution in [0.5, 0.6) is 5.75 Å². The van der Waals surface area contributed by atoms with E-state index in [0.29, 0.717) is 10.0 Å². The summed E-state index contributed by atoms with van der Waals surface area (Å²) in [6.45, 7) is 0.0610. The van der Waals surface area contributed by atoms with Gasteiger partial charge in [-0.25, -0.2) is 4.98 Å². The van der Waals surface area contributed by atoms with Crippen molar-refractivity contribution < 1.29 is 9.66 Å². The van der Waals surface area contributed by atoms with Gasteiger partial charge >= 0.3 is 5.69 Å². The van der Waals surface area contributed by atoms with Crippen LogP contribution in [0, 0.1) is 10.1 Å². The molecule has 5 nitrogen and oxygen atoms in total. The summed E-state index contributed by atoms with van der Waals surface area (Å²) in [4.78, 5) is 14.3. The Hall–Kier alpha value is -1.37. The Morgan fingerprint density at radius 1 is 1.30 bits per heavy atom. The third-order valence-corrected chi connectivity index (χ3v) is 3.42. The lowest BCUT2D eigenvalue weighted by atomic mass is 10.3. The van der Waals surface area contributed by atoms with Crippen LogP contribution in [0.1, 0.15) is 5.56 Å². The molecule has 1 heterocycles. The van der Waals surface area contributed by atoms with Crippen molar-refractivity contribution in [2.24, 2.45) is 0 Å². The van der Waals surface area contributed by atoms with Crippen LogP contribution in [0.15, 0.2) is 34.8 Å². The van der Waals surface area contributed by atoms with Crippen molar-refractivity contribution in [1.29, 1.82) is 0 Å². The standard InChI is InChI=1S/C12H7BrCl2N2O3/c13-8-2-3-10(9(5-8)17(18)19)20-6-7-1-4-11(14)16-12(7)15/h1-5H,6H2. The molecule has 1 aromatic carbocycles. The van der Waals surface area contributed by atoms with Crippen molar-refractivity contribution >= 4 is 44.8 Å². The Labute approximate surface area is 132 Å². The van der Waals surface area contributed by atoms with Crippen molar-refractivity contribution in [3.05, 3.63) is 60.8 Å². The van der Waals surface area contributed by atoms with Gasteiger partial charge in [0, 0.05) is 16.1 Å². The number of rotatable bonds is 4. The summed E-state index contributed by atoms with van der Waals surface area (Å²) in [5.41, 5.74) is 0.464. The summed E-state index contributed by atoms with van der Waals surface area (Å²) in [7, 11) is 0. The van der Waals surface area contributed by atoms with Crippen molar-refractivity contribution in [2.45, 2.75) is 6.61 Å². The molecule has 0 fully saturated rings. The predicted octanol–water partition coefficient (Wildman–Crippen LogP) is 4.64. The third-order valence-electron chi connectivity index (χ3n) is 2.39. The predicted molar refractivity (Wildman–Crippen MR) is 79.4 cm³/mol. The molecule has 20 heavy (non-hydrogen) atoms. The zero-order valence-corrected chi connectivity index (χ0v) is 12.9. The largest absolute Gasteiger partial charge is 0.482 e. The number of hydrogen-bond donors (Lipinski definition) is 0. The molecule has 0 unspecified atom stereocenters. The van der Waals surface area contributed by atoms with E-state index in [9.17, 15) is 10.1 Å². The van der Waals surface area contributed by atoms with E-state index in [1.54, 1.807) is 18.2 Å². The van der Waals surface area contributed by atoms with Gasteiger partial charge in [-0.3, -0.25) is 10.1 Å². The monoisotopic (exact) mass is 376 g/mol. The highest BCUT2D eigenvalue weighted by molar-refractivity contribution is 9.10. The van der Waals surface area contributed by atoms with Gasteiger partial charge in [0.1, 0.15) is 16.9 Å². The summed E-state index contributed by atoms with van der Waals surface area (Å²) in [5.74, 6) is 0.157. The van der Waals surface area contributed by atoms with Gasteiger partial charge in [-0.05, 0) is 24.3 Å². The average molecular weight is 378 g/mol. The van der Waals surface area contributed by atoms with Crippen LogP contribution in [0.2, 0.25) is 10.3 Å². The fourth-order valence-corrected chi connectivity index (χ4v) is 2.21. The van der Waals surface area contributed by atoms with Gasteiger partial charge in [0.05, 0.1) is 4.92 Å². The Kier molecular flexibility index (Phi) is 4.80. The second-order valence-electron chi connectivity index (χ2n) is 3.74. The van der Waals surface area contributed by atoms with Crippen molar-refractivity contribution in [3.63, 3.8) is 0 Å². The van der Waals surface area contributed by atoms with Crippen molar-refractivity contribution in [2.75, 3.05) is 0 Å². The topological polar surface area (TPSA) is 65.3 Å². The summed E-state index contributed by atoms with van der Waals surface area (Å²) in [6.07, 6.45) is 0. The van der Waals surface area contributed by atoms with Crippen molar-refractivity contribution in [3.8, 4) is 5.75 Å². The maximum atomic E-state index is 10.9. The first kappa shape index (κ1) is 15.0. The number of aromatic nitrogens is 1. The summed E-state index contributed by atoms with van der Waals surface area (Å²) >= 11 is 14.8. The number of ether oxygens (including phenoxy) is 1. The molecule has 0 aliphatic carbocycles. The molecule has 0 spiro atoms. The minimum atomic E-state index is -0.512. The van der Waals surface area contributed by atoms with Crippen LogP contribution < -0.4 is 4.74 Å². The number of halogens is 3. The summed E-state index contributed by atoms with van der Waals surface area (Å²) < 4.78 is 6.03. The molecule has 0 bridgehead atoms. The van der Waals surface area contributed by atoms with Crippen LogP contribution in [0.3, 0.4) is 0 Å². The van der Waals surface area contributed by atoms with Crippen LogP contribution >= 0.6 is 39.1 Å². The summed E-state index contributed by atoms with van der Waals surface area (Å²) in [6, 6.07) is 7.77. The lowest BCUT2D eigenvalue weighted by Gasteiger charge is -2.08. The number of pyridine rings is 1. The normalized spacial score (nSPS) is 10.3. The van der Waals surface area contributed by atoms with Gasteiger partial charge in [0.25, 0.3) is 0 Å². The minimum absolute atomic E-state index is 0.0610. The van der Waals surface area contributed by atoms with E-state index in [1.165, 1.54) is 12.1 Å². The van der Waals surface area contributed by atoms with E-state index in [-0.39, 0.29) is 28.3 Å². The lowest BCUT2D eigenvalue weighted by Crippen LogP contribution is -2.00. The Morgan fingerprint density at radius 3 is 2.70 bits per heavy atom. The second kappa shape index (κ2) is 6.39. The molecule has 0 aliphatic rings. The summed E-state index contributed by atoms with van der Waals surface area (Å²) in [5, 5.41) is 11.4. The molecule has 8 heteroatoms. The lowest BCUT2D eigenvalue weighted by molar-refractivity contribution is -0.386. The van der Waals surface area contributed by atoms with Crippen LogP contribution in [-0.2, 0) is 6.61 Å². The molecule has 2 aromatic rings. The molecular formula is C12H7BrCl2N2O3. The first-order chi connectivity index (χ1) is 9.47. The molecule has 0 radical (unpaired) electrons. The van der Waals surface area contributed by atoms with E-state index in [1.807, 2.05) is 0 Å². The molecule has 2 rings (SSSR count). The zero-order valence-electron chi connectivity index (χ0n) is 9.85. The molecular weight excluding hydrogens is 371 g/mol. The molecule has 0 amide bonds. The highest BCUT2D eigenvalue weighted by Crippen LogP contribution is 2.31. The van der Waals surface area contributed by atoms with Crippen LogP contribution in [0.4, 0.5) is 5.69 Å². The first-order valence-electron chi connectivity index (χ1n) is 5.35. The number of nitro groups is 1. The number of nitrogens with zero attached hydrogens (tertiary/aromatic N) is 2. The quantitative estimate of drug-likeness (QED) is 0.442. The first-order valence-corrected chi connectivity index (χ1v) is 6.90. The maximum Gasteiger partial charge on any atom is 0.312 e. The van der Waals surface area contributed by atoms with E-state index < -0.39 is 4.92 Å². The maximum absolute atomic E-state index is 10.9. The highest BCUT2D eigenvalue weighted by atomic mass is 79.9. The smallest absolute Gasteiger partial charge is 0.312 e. The molecule has 0 saturated heterocycles. The van der Waals surface area contributed by atoms with Crippen LogP contribution in [-0.4, -0.2) is 9.91 Å². The second-order valence-corrected chi connectivity index (χ2v) is 5.40. The number of nitro benzene ring substituents is 1. The molecule has 0 N–H and O–H groups in total. The van der Waals surface area contributed by atoms with Crippen LogP contribution in [0.25, 0.3) is 0 Å². The molecule has 0 aliphatic heterocycles.